The van der Waals surface area contributed by atoms with E-state index in [4.69, 9.17) is 5.26 Å². The van der Waals surface area contributed by atoms with E-state index < -0.39 is 12.1 Å². The second kappa shape index (κ2) is 4.84. The van der Waals surface area contributed by atoms with Gasteiger partial charge in [0.25, 0.3) is 0 Å². The lowest BCUT2D eigenvalue weighted by atomic mass is 9.99. The molecule has 5 heteroatoms. The van der Waals surface area contributed by atoms with Crippen LogP contribution in [-0.4, -0.2) is 30.7 Å². The summed E-state index contributed by atoms with van der Waals surface area (Å²) in [4.78, 5) is 1.75. The number of piperidine rings is 1. The molecule has 2 atom stereocenters. The molecule has 2 unspecified atom stereocenters. The molecule has 0 N–H and O–H groups in total. The molecule has 0 spiro atoms. The van der Waals surface area contributed by atoms with Crippen molar-refractivity contribution in [3.05, 3.63) is 0 Å². The summed E-state index contributed by atoms with van der Waals surface area (Å²) in [5.74, 6) is -1.41. The van der Waals surface area contributed by atoms with E-state index in [-0.39, 0.29) is 6.54 Å². The third-order valence-corrected chi connectivity index (χ3v) is 2.73. The molecule has 2 nitrogen and oxygen atoms in total. The second-order valence-electron chi connectivity index (χ2n) is 4.23. The van der Waals surface area contributed by atoms with Crippen molar-refractivity contribution in [3.63, 3.8) is 0 Å². The highest BCUT2D eigenvalue weighted by Gasteiger charge is 2.41. The summed E-state index contributed by atoms with van der Waals surface area (Å²) in [7, 11) is 0. The van der Waals surface area contributed by atoms with E-state index in [9.17, 15) is 13.2 Å². The Kier molecular flexibility index (Phi) is 3.97. The molecule has 15 heavy (non-hydrogen) atoms. The Morgan fingerprint density at radius 3 is 2.67 bits per heavy atom. The van der Waals surface area contributed by atoms with Crippen LogP contribution in [0.2, 0.25) is 0 Å². The molecule has 0 saturated carbocycles. The molecule has 1 saturated heterocycles. The minimum absolute atomic E-state index is 0.176. The van der Waals surface area contributed by atoms with Crippen LogP contribution in [0.25, 0.3) is 0 Å². The van der Waals surface area contributed by atoms with Gasteiger partial charge in [0.2, 0.25) is 0 Å². The lowest BCUT2D eigenvalue weighted by molar-refractivity contribution is -0.164. The van der Waals surface area contributed by atoms with E-state index in [2.05, 4.69) is 0 Å². The zero-order chi connectivity index (χ0) is 11.5. The lowest BCUT2D eigenvalue weighted by Gasteiger charge is -2.32. The van der Waals surface area contributed by atoms with Gasteiger partial charge in [-0.05, 0) is 25.3 Å². The Morgan fingerprint density at radius 2 is 2.20 bits per heavy atom. The summed E-state index contributed by atoms with van der Waals surface area (Å²) in [6.45, 7) is 3.21. The normalized spacial score (nSPS) is 25.9. The minimum atomic E-state index is -4.39. The van der Waals surface area contributed by atoms with Crippen molar-refractivity contribution >= 4 is 0 Å². The first-order chi connectivity index (χ1) is 6.93. The summed E-state index contributed by atoms with van der Waals surface area (Å²) in [6, 6.07) is 1.34. The SMILES string of the molecule is CC1CCCN(CC(C#N)C(F)(F)F)C1. The molecule has 1 rings (SSSR count). The van der Waals surface area contributed by atoms with Crippen LogP contribution in [0, 0.1) is 23.2 Å². The number of rotatable bonds is 2. The van der Waals surface area contributed by atoms with Gasteiger partial charge < -0.3 is 4.90 Å². The van der Waals surface area contributed by atoms with E-state index in [1.165, 1.54) is 6.07 Å². The fourth-order valence-corrected chi connectivity index (χ4v) is 1.93. The van der Waals surface area contributed by atoms with Crippen LogP contribution in [0.4, 0.5) is 13.2 Å². The predicted molar refractivity (Wildman–Crippen MR) is 50.0 cm³/mol. The fourth-order valence-electron chi connectivity index (χ4n) is 1.93. The third-order valence-electron chi connectivity index (χ3n) is 2.73. The minimum Gasteiger partial charge on any atom is -0.301 e. The van der Waals surface area contributed by atoms with Crippen LogP contribution in [-0.2, 0) is 0 Å². The maximum Gasteiger partial charge on any atom is 0.405 e. The molecular formula is C10H15F3N2. The summed E-state index contributed by atoms with van der Waals surface area (Å²) >= 11 is 0. The monoisotopic (exact) mass is 220 g/mol. The van der Waals surface area contributed by atoms with Crippen LogP contribution < -0.4 is 0 Å². The highest BCUT2D eigenvalue weighted by atomic mass is 19.4. The van der Waals surface area contributed by atoms with Gasteiger partial charge in [-0.2, -0.15) is 18.4 Å². The zero-order valence-corrected chi connectivity index (χ0v) is 8.72. The van der Waals surface area contributed by atoms with E-state index in [0.29, 0.717) is 19.0 Å². The van der Waals surface area contributed by atoms with Crippen molar-refractivity contribution in [2.45, 2.75) is 25.9 Å². The molecule has 1 aliphatic heterocycles. The number of hydrogen-bond donors (Lipinski definition) is 0. The first-order valence-corrected chi connectivity index (χ1v) is 5.12. The van der Waals surface area contributed by atoms with Gasteiger partial charge in [0, 0.05) is 13.1 Å². The average molecular weight is 220 g/mol. The molecule has 86 valence electrons. The largest absolute Gasteiger partial charge is 0.405 e. The molecule has 0 aromatic carbocycles. The number of hydrogen-bond acceptors (Lipinski definition) is 2. The Morgan fingerprint density at radius 1 is 1.53 bits per heavy atom. The molecule has 0 aromatic heterocycles. The maximum atomic E-state index is 12.3. The van der Waals surface area contributed by atoms with Gasteiger partial charge >= 0.3 is 6.18 Å². The van der Waals surface area contributed by atoms with Gasteiger partial charge in [0.15, 0.2) is 5.92 Å². The molecule has 0 aromatic rings. The predicted octanol–water partition coefficient (Wildman–Crippen LogP) is 2.42. The Labute approximate surface area is 87.7 Å². The standard InChI is InChI=1S/C10H15F3N2/c1-8-3-2-4-15(6-8)7-9(5-14)10(11,12)13/h8-9H,2-4,6-7H2,1H3. The van der Waals surface area contributed by atoms with Gasteiger partial charge in [0.1, 0.15) is 0 Å². The van der Waals surface area contributed by atoms with Gasteiger partial charge in [-0.25, -0.2) is 0 Å². The van der Waals surface area contributed by atoms with Crippen LogP contribution in [0.15, 0.2) is 0 Å². The van der Waals surface area contributed by atoms with Crippen LogP contribution >= 0.6 is 0 Å². The maximum absolute atomic E-state index is 12.3. The van der Waals surface area contributed by atoms with Gasteiger partial charge in [-0.1, -0.05) is 6.92 Å². The van der Waals surface area contributed by atoms with E-state index in [1.807, 2.05) is 6.92 Å². The number of nitriles is 1. The molecule has 1 fully saturated rings. The van der Waals surface area contributed by atoms with Gasteiger partial charge in [0.05, 0.1) is 6.07 Å². The molecule has 0 bridgehead atoms. The number of halogens is 3. The molecule has 0 radical (unpaired) electrons. The summed E-state index contributed by atoms with van der Waals surface area (Å²) in [5, 5.41) is 8.46. The number of alkyl halides is 3. The Balaban J connectivity index is 2.49. The van der Waals surface area contributed by atoms with E-state index in [1.54, 1.807) is 4.90 Å². The Hall–Kier alpha value is -0.760. The topological polar surface area (TPSA) is 27.0 Å². The van der Waals surface area contributed by atoms with Crippen molar-refractivity contribution in [2.75, 3.05) is 19.6 Å². The Bertz CT molecular complexity index is 244. The highest BCUT2D eigenvalue weighted by Crippen LogP contribution is 2.27. The van der Waals surface area contributed by atoms with Crippen molar-refractivity contribution in [3.8, 4) is 6.07 Å². The number of nitrogens with zero attached hydrogens (tertiary/aromatic N) is 2. The van der Waals surface area contributed by atoms with Crippen LogP contribution in [0.5, 0.6) is 0 Å². The van der Waals surface area contributed by atoms with Crippen molar-refractivity contribution in [2.24, 2.45) is 11.8 Å². The van der Waals surface area contributed by atoms with Crippen molar-refractivity contribution < 1.29 is 13.2 Å². The number of likely N-dealkylation sites (tertiary alicyclic amines) is 1. The van der Waals surface area contributed by atoms with Gasteiger partial charge in [-0.3, -0.25) is 0 Å². The molecular weight excluding hydrogens is 205 g/mol. The summed E-state index contributed by atoms with van der Waals surface area (Å²) in [5.41, 5.74) is 0. The van der Waals surface area contributed by atoms with Crippen LogP contribution in [0.3, 0.4) is 0 Å². The summed E-state index contributed by atoms with van der Waals surface area (Å²) < 4.78 is 37.0. The lowest BCUT2D eigenvalue weighted by Crippen LogP contribution is -2.41. The smallest absolute Gasteiger partial charge is 0.301 e. The quantitative estimate of drug-likeness (QED) is 0.714. The molecule has 1 aliphatic rings. The van der Waals surface area contributed by atoms with Crippen LogP contribution in [0.1, 0.15) is 19.8 Å². The van der Waals surface area contributed by atoms with Gasteiger partial charge in [-0.15, -0.1) is 0 Å². The first kappa shape index (κ1) is 12.3. The third kappa shape index (κ3) is 3.71. The first-order valence-electron chi connectivity index (χ1n) is 5.12. The van der Waals surface area contributed by atoms with Crippen molar-refractivity contribution in [1.29, 1.82) is 5.26 Å². The molecule has 1 heterocycles. The molecule has 0 aliphatic carbocycles. The summed E-state index contributed by atoms with van der Waals surface area (Å²) in [6.07, 6.45) is -2.40. The average Bonchev–Trinajstić information content (AvgIpc) is 2.12. The second-order valence-corrected chi connectivity index (χ2v) is 4.23. The highest BCUT2D eigenvalue weighted by molar-refractivity contribution is 4.91. The van der Waals surface area contributed by atoms with Crippen molar-refractivity contribution in [1.82, 2.24) is 4.90 Å². The van der Waals surface area contributed by atoms with E-state index >= 15 is 0 Å². The zero-order valence-electron chi connectivity index (χ0n) is 8.72. The van der Waals surface area contributed by atoms with E-state index in [0.717, 1.165) is 12.8 Å². The fraction of sp³-hybridized carbons (Fsp3) is 0.900. The molecule has 0 amide bonds.